The van der Waals surface area contributed by atoms with E-state index < -0.39 is 6.10 Å². The zero-order valence-electron chi connectivity index (χ0n) is 14.1. The van der Waals surface area contributed by atoms with Crippen molar-refractivity contribution in [2.45, 2.75) is 64.5 Å². The second kappa shape index (κ2) is 9.59. The Kier molecular flexibility index (Phi) is 7.77. The first-order valence-electron chi connectivity index (χ1n) is 8.83. The Hall–Kier alpha value is -0.510. The first-order chi connectivity index (χ1) is 10.7. The minimum atomic E-state index is -0.404. The molecule has 0 saturated carbocycles. The first kappa shape index (κ1) is 17.8. The lowest BCUT2D eigenvalue weighted by atomic mass is 9.99. The van der Waals surface area contributed by atoms with Crippen LogP contribution in [0.2, 0.25) is 0 Å². The topological polar surface area (TPSA) is 32.3 Å². The summed E-state index contributed by atoms with van der Waals surface area (Å²) in [6.07, 6.45) is 7.02. The highest BCUT2D eigenvalue weighted by atomic mass is 32.2. The molecule has 0 spiro atoms. The molecule has 2 nitrogen and oxygen atoms in total. The minimum absolute atomic E-state index is 0.111. The second-order valence-electron chi connectivity index (χ2n) is 6.39. The van der Waals surface area contributed by atoms with Gasteiger partial charge in [-0.3, -0.25) is 0 Å². The van der Waals surface area contributed by atoms with Gasteiger partial charge in [0.15, 0.2) is 0 Å². The Bertz CT molecular complexity index is 449. The van der Waals surface area contributed by atoms with Crippen LogP contribution >= 0.6 is 11.8 Å². The summed E-state index contributed by atoms with van der Waals surface area (Å²) in [7, 11) is 0. The number of aliphatic hydroxyl groups is 1. The zero-order valence-corrected chi connectivity index (χ0v) is 14.9. The normalized spacial score (nSPS) is 16.5. The van der Waals surface area contributed by atoms with Crippen LogP contribution in [0, 0.1) is 0 Å². The van der Waals surface area contributed by atoms with Gasteiger partial charge in [0, 0.05) is 6.04 Å². The standard InChI is InChI=1S/C19H31NOS/c1-3-4-12-22-13-6-11-20-15(2)19(21)18-10-9-16-7-5-8-17(16)14-18/h9-10,14-15,19-21H,3-8,11-13H2,1-2H3. The molecule has 0 fully saturated rings. The van der Waals surface area contributed by atoms with E-state index in [1.807, 2.05) is 11.8 Å². The summed E-state index contributed by atoms with van der Waals surface area (Å²) < 4.78 is 0. The molecule has 1 aliphatic rings. The van der Waals surface area contributed by atoms with Gasteiger partial charge in [0.05, 0.1) is 6.10 Å². The molecule has 0 radical (unpaired) electrons. The number of unbranched alkanes of at least 4 members (excludes halogenated alkanes) is 1. The van der Waals surface area contributed by atoms with Crippen molar-refractivity contribution in [3.05, 3.63) is 34.9 Å². The Morgan fingerprint density at radius 3 is 2.77 bits per heavy atom. The number of rotatable bonds is 10. The van der Waals surface area contributed by atoms with Gasteiger partial charge in [-0.15, -0.1) is 0 Å². The van der Waals surface area contributed by atoms with Gasteiger partial charge in [-0.2, -0.15) is 11.8 Å². The highest BCUT2D eigenvalue weighted by Gasteiger charge is 2.18. The Labute approximate surface area is 140 Å². The van der Waals surface area contributed by atoms with Crippen molar-refractivity contribution in [1.82, 2.24) is 5.32 Å². The molecule has 0 saturated heterocycles. The molecular weight excluding hydrogens is 290 g/mol. The molecule has 22 heavy (non-hydrogen) atoms. The molecule has 0 heterocycles. The largest absolute Gasteiger partial charge is 0.387 e. The molecule has 1 aromatic carbocycles. The maximum absolute atomic E-state index is 10.5. The molecule has 124 valence electrons. The summed E-state index contributed by atoms with van der Waals surface area (Å²) in [5, 5.41) is 14.0. The van der Waals surface area contributed by atoms with Crippen molar-refractivity contribution in [2.75, 3.05) is 18.1 Å². The van der Waals surface area contributed by atoms with E-state index in [0.29, 0.717) is 0 Å². The monoisotopic (exact) mass is 321 g/mol. The SMILES string of the molecule is CCCCSCCCNC(C)C(O)c1ccc2c(c1)CCC2. The van der Waals surface area contributed by atoms with Gasteiger partial charge in [0.2, 0.25) is 0 Å². The van der Waals surface area contributed by atoms with Gasteiger partial charge in [-0.05, 0) is 73.8 Å². The molecule has 0 aromatic heterocycles. The smallest absolute Gasteiger partial charge is 0.0940 e. The molecular formula is C19H31NOS. The summed E-state index contributed by atoms with van der Waals surface area (Å²) in [5.41, 5.74) is 3.98. The van der Waals surface area contributed by atoms with Gasteiger partial charge in [0.25, 0.3) is 0 Å². The first-order valence-corrected chi connectivity index (χ1v) is 9.98. The summed E-state index contributed by atoms with van der Waals surface area (Å²) in [5.74, 6) is 2.50. The van der Waals surface area contributed by atoms with Crippen molar-refractivity contribution >= 4 is 11.8 Å². The van der Waals surface area contributed by atoms with Crippen LogP contribution in [0.1, 0.15) is 62.3 Å². The molecule has 0 bridgehead atoms. The highest BCUT2D eigenvalue weighted by molar-refractivity contribution is 7.99. The zero-order chi connectivity index (χ0) is 15.8. The van der Waals surface area contributed by atoms with Gasteiger partial charge in [-0.1, -0.05) is 31.5 Å². The fourth-order valence-corrected chi connectivity index (χ4v) is 4.07. The van der Waals surface area contributed by atoms with E-state index >= 15 is 0 Å². The molecule has 1 aromatic rings. The lowest BCUT2D eigenvalue weighted by molar-refractivity contribution is 0.136. The second-order valence-corrected chi connectivity index (χ2v) is 7.61. The van der Waals surface area contributed by atoms with E-state index in [2.05, 4.69) is 37.4 Å². The van der Waals surface area contributed by atoms with Crippen molar-refractivity contribution in [2.24, 2.45) is 0 Å². The number of nitrogens with one attached hydrogen (secondary N) is 1. The van der Waals surface area contributed by atoms with E-state index in [0.717, 1.165) is 12.1 Å². The molecule has 3 heteroatoms. The maximum atomic E-state index is 10.5. The summed E-state index contributed by atoms with van der Waals surface area (Å²) in [6.45, 7) is 5.31. The van der Waals surface area contributed by atoms with Crippen LogP contribution in [0.15, 0.2) is 18.2 Å². The third kappa shape index (κ3) is 5.29. The fourth-order valence-electron chi connectivity index (χ4n) is 3.03. The number of fused-ring (bicyclic) bond motifs is 1. The van der Waals surface area contributed by atoms with Crippen LogP contribution in [0.25, 0.3) is 0 Å². The average Bonchev–Trinajstić information content (AvgIpc) is 3.00. The number of hydrogen-bond donors (Lipinski definition) is 2. The van der Waals surface area contributed by atoms with Gasteiger partial charge >= 0.3 is 0 Å². The Morgan fingerprint density at radius 1 is 1.18 bits per heavy atom. The number of hydrogen-bond acceptors (Lipinski definition) is 3. The maximum Gasteiger partial charge on any atom is 0.0940 e. The molecule has 0 amide bonds. The molecule has 2 atom stereocenters. The predicted molar refractivity (Wildman–Crippen MR) is 97.7 cm³/mol. The van der Waals surface area contributed by atoms with E-state index in [9.17, 15) is 5.11 Å². The van der Waals surface area contributed by atoms with E-state index in [4.69, 9.17) is 0 Å². The number of aryl methyl sites for hydroxylation is 2. The van der Waals surface area contributed by atoms with Crippen LogP contribution in [0.5, 0.6) is 0 Å². The lowest BCUT2D eigenvalue weighted by Crippen LogP contribution is -2.33. The van der Waals surface area contributed by atoms with Gasteiger partial charge < -0.3 is 10.4 Å². The van der Waals surface area contributed by atoms with Crippen LogP contribution < -0.4 is 5.32 Å². The van der Waals surface area contributed by atoms with Crippen LogP contribution in [0.4, 0.5) is 0 Å². The Morgan fingerprint density at radius 2 is 1.95 bits per heavy atom. The molecule has 0 aliphatic heterocycles. The molecule has 1 aliphatic carbocycles. The number of aliphatic hydroxyl groups excluding tert-OH is 1. The minimum Gasteiger partial charge on any atom is -0.387 e. The molecule has 2 rings (SSSR count). The Balaban J connectivity index is 1.69. The van der Waals surface area contributed by atoms with E-state index in [-0.39, 0.29) is 6.04 Å². The quantitative estimate of drug-likeness (QED) is 0.636. The van der Waals surface area contributed by atoms with E-state index in [1.54, 1.807) is 0 Å². The van der Waals surface area contributed by atoms with Crippen LogP contribution in [-0.2, 0) is 12.8 Å². The number of thioether (sulfide) groups is 1. The van der Waals surface area contributed by atoms with Gasteiger partial charge in [0.1, 0.15) is 0 Å². The van der Waals surface area contributed by atoms with Crippen molar-refractivity contribution < 1.29 is 5.11 Å². The third-order valence-electron chi connectivity index (χ3n) is 4.51. The van der Waals surface area contributed by atoms with Crippen molar-refractivity contribution in [3.63, 3.8) is 0 Å². The average molecular weight is 322 g/mol. The molecule has 2 N–H and O–H groups in total. The summed E-state index contributed by atoms with van der Waals surface area (Å²) in [6, 6.07) is 6.64. The van der Waals surface area contributed by atoms with Crippen molar-refractivity contribution in [1.29, 1.82) is 0 Å². The van der Waals surface area contributed by atoms with Crippen LogP contribution in [-0.4, -0.2) is 29.2 Å². The summed E-state index contributed by atoms with van der Waals surface area (Å²) >= 11 is 2.05. The predicted octanol–water partition coefficient (Wildman–Crippen LogP) is 4.11. The fraction of sp³-hybridized carbons (Fsp3) is 0.684. The number of benzene rings is 1. The van der Waals surface area contributed by atoms with Crippen molar-refractivity contribution in [3.8, 4) is 0 Å². The lowest BCUT2D eigenvalue weighted by Gasteiger charge is -2.21. The highest BCUT2D eigenvalue weighted by Crippen LogP contribution is 2.26. The third-order valence-corrected chi connectivity index (χ3v) is 5.67. The molecule has 2 unspecified atom stereocenters. The summed E-state index contributed by atoms with van der Waals surface area (Å²) in [4.78, 5) is 0. The van der Waals surface area contributed by atoms with Crippen LogP contribution in [0.3, 0.4) is 0 Å². The van der Waals surface area contributed by atoms with E-state index in [1.165, 1.54) is 61.2 Å². The van der Waals surface area contributed by atoms with Gasteiger partial charge in [-0.25, -0.2) is 0 Å².